The maximum absolute atomic E-state index is 13.0. The number of thioether (sulfide) groups is 1. The van der Waals surface area contributed by atoms with Crippen molar-refractivity contribution in [3.8, 4) is 0 Å². The monoisotopic (exact) mass is 461 g/mol. The van der Waals surface area contributed by atoms with Gasteiger partial charge in [-0.2, -0.15) is 0 Å². The molecule has 0 aliphatic heterocycles. The number of anilines is 2. The number of aryl methyl sites for hydroxylation is 2. The predicted molar refractivity (Wildman–Crippen MR) is 126 cm³/mol. The molecular weight excluding hydrogens is 438 g/mol. The van der Waals surface area contributed by atoms with E-state index < -0.39 is 11.8 Å². The first-order chi connectivity index (χ1) is 15.9. The minimum atomic E-state index is -0.456. The van der Waals surface area contributed by atoms with Crippen molar-refractivity contribution in [1.82, 2.24) is 15.0 Å². The van der Waals surface area contributed by atoms with E-state index in [-0.39, 0.29) is 11.9 Å². The van der Waals surface area contributed by atoms with E-state index in [0.29, 0.717) is 22.0 Å². The third-order valence-electron chi connectivity index (χ3n) is 5.26. The van der Waals surface area contributed by atoms with Crippen molar-refractivity contribution < 1.29 is 14.4 Å². The second-order valence-corrected chi connectivity index (χ2v) is 8.62. The number of rotatable bonds is 6. The minimum absolute atomic E-state index is 0.0312. The second kappa shape index (κ2) is 9.91. The van der Waals surface area contributed by atoms with Gasteiger partial charge in [-0.05, 0) is 60.7 Å². The summed E-state index contributed by atoms with van der Waals surface area (Å²) in [6.07, 6.45) is 6.41. The van der Waals surface area contributed by atoms with Crippen LogP contribution in [-0.2, 0) is 28.2 Å². The number of imide groups is 1. The Morgan fingerprint density at radius 3 is 2.58 bits per heavy atom. The summed E-state index contributed by atoms with van der Waals surface area (Å²) in [4.78, 5) is 50.2. The predicted octanol–water partition coefficient (Wildman–Crippen LogP) is 3.80. The van der Waals surface area contributed by atoms with Crippen LogP contribution >= 0.6 is 11.8 Å². The summed E-state index contributed by atoms with van der Waals surface area (Å²) in [5, 5.41) is 3.54. The lowest BCUT2D eigenvalue weighted by molar-refractivity contribution is -0.124. The lowest BCUT2D eigenvalue weighted by Crippen LogP contribution is -2.34. The van der Waals surface area contributed by atoms with Crippen LogP contribution < -0.4 is 10.2 Å². The number of hydrogen-bond acceptors (Lipinski definition) is 7. The Hall–Kier alpha value is -3.59. The third kappa shape index (κ3) is 5.25. The van der Waals surface area contributed by atoms with Gasteiger partial charge in [0.2, 0.25) is 17.8 Å². The van der Waals surface area contributed by atoms with E-state index in [4.69, 9.17) is 0 Å². The number of aromatic nitrogens is 3. The molecule has 3 amide bonds. The molecule has 0 fully saturated rings. The first-order valence-electron chi connectivity index (χ1n) is 10.6. The van der Waals surface area contributed by atoms with Gasteiger partial charge in [-0.1, -0.05) is 17.8 Å². The molecule has 1 aliphatic carbocycles. The average molecular weight is 462 g/mol. The van der Waals surface area contributed by atoms with Gasteiger partial charge in [-0.3, -0.25) is 14.4 Å². The Kier molecular flexibility index (Phi) is 6.79. The molecule has 3 aromatic rings. The number of pyridine rings is 1. The van der Waals surface area contributed by atoms with Crippen LogP contribution in [0.2, 0.25) is 0 Å². The highest BCUT2D eigenvalue weighted by molar-refractivity contribution is 7.98. The van der Waals surface area contributed by atoms with Gasteiger partial charge < -0.3 is 5.32 Å². The molecule has 168 valence electrons. The highest BCUT2D eigenvalue weighted by Crippen LogP contribution is 2.27. The molecule has 2 aromatic heterocycles. The van der Waals surface area contributed by atoms with Gasteiger partial charge in [-0.15, -0.1) is 0 Å². The van der Waals surface area contributed by atoms with Crippen LogP contribution in [0.3, 0.4) is 0 Å². The smallest absolute Gasteiger partial charge is 0.258 e. The number of hydrogen-bond donors (Lipinski definition) is 1. The number of fused-ring (bicyclic) bond motifs is 1. The van der Waals surface area contributed by atoms with Gasteiger partial charge in [0.15, 0.2) is 0 Å². The van der Waals surface area contributed by atoms with Crippen molar-refractivity contribution >= 4 is 41.1 Å². The van der Waals surface area contributed by atoms with E-state index in [9.17, 15) is 14.4 Å². The summed E-state index contributed by atoms with van der Waals surface area (Å²) >= 11 is 1.35. The van der Waals surface area contributed by atoms with Gasteiger partial charge in [0.05, 0.1) is 11.3 Å². The highest BCUT2D eigenvalue weighted by Gasteiger charge is 2.20. The van der Waals surface area contributed by atoms with Gasteiger partial charge in [-0.25, -0.2) is 19.9 Å². The van der Waals surface area contributed by atoms with Crippen molar-refractivity contribution in [2.24, 2.45) is 0 Å². The van der Waals surface area contributed by atoms with Gasteiger partial charge in [0.25, 0.3) is 5.91 Å². The zero-order valence-corrected chi connectivity index (χ0v) is 19.2. The topological polar surface area (TPSA) is 105 Å². The molecule has 0 radical (unpaired) electrons. The second-order valence-electron chi connectivity index (χ2n) is 7.66. The van der Waals surface area contributed by atoms with Crippen molar-refractivity contribution in [1.29, 1.82) is 0 Å². The Bertz CT molecular complexity index is 1220. The summed E-state index contributed by atoms with van der Waals surface area (Å²) in [6, 6.07) is 11.2. The van der Waals surface area contributed by atoms with E-state index in [0.717, 1.165) is 29.8 Å². The maximum Gasteiger partial charge on any atom is 0.258 e. The molecule has 0 atom stereocenters. The largest absolute Gasteiger partial charge is 0.322 e. The van der Waals surface area contributed by atoms with Crippen LogP contribution in [0.4, 0.5) is 11.6 Å². The van der Waals surface area contributed by atoms with Crippen molar-refractivity contribution in [3.63, 3.8) is 0 Å². The van der Waals surface area contributed by atoms with Gasteiger partial charge in [0.1, 0.15) is 5.03 Å². The molecule has 0 saturated carbocycles. The van der Waals surface area contributed by atoms with Gasteiger partial charge >= 0.3 is 0 Å². The Balaban J connectivity index is 1.48. The summed E-state index contributed by atoms with van der Waals surface area (Å²) in [5.41, 5.74) is 4.48. The van der Waals surface area contributed by atoms with E-state index in [1.54, 1.807) is 24.4 Å². The molecule has 9 heteroatoms. The van der Waals surface area contributed by atoms with Crippen molar-refractivity contribution in [3.05, 3.63) is 71.2 Å². The van der Waals surface area contributed by atoms with E-state index >= 15 is 0 Å². The van der Waals surface area contributed by atoms with Crippen LogP contribution in [0, 0.1) is 0 Å². The Labute approximate surface area is 195 Å². The molecule has 1 aromatic carbocycles. The van der Waals surface area contributed by atoms with Crippen LogP contribution in [0.1, 0.15) is 47.4 Å². The molecule has 1 aliphatic rings. The Morgan fingerprint density at radius 2 is 1.79 bits per heavy atom. The van der Waals surface area contributed by atoms with Crippen molar-refractivity contribution in [2.45, 2.75) is 43.9 Å². The molecule has 4 rings (SSSR count). The van der Waals surface area contributed by atoms with E-state index in [1.165, 1.54) is 42.9 Å². The quantitative estimate of drug-likeness (QED) is 0.557. The molecule has 2 heterocycles. The highest BCUT2D eigenvalue weighted by atomic mass is 32.2. The number of carbonyl (C=O) groups is 3. The zero-order chi connectivity index (χ0) is 23.4. The fourth-order valence-electron chi connectivity index (χ4n) is 3.75. The molecule has 0 saturated heterocycles. The standard InChI is InChI=1S/C24H23N5O3S/c1-15(30)29(16(2)31)24-26-12-10-20(28-24)14-33-23-21(7-4-11-25-23)22(32)27-19-9-8-17-5-3-6-18(17)13-19/h4,7-13H,3,5-6,14H2,1-2H3,(H,27,32). The number of carbonyl (C=O) groups excluding carboxylic acids is 3. The summed E-state index contributed by atoms with van der Waals surface area (Å²) < 4.78 is 0. The van der Waals surface area contributed by atoms with Crippen LogP contribution in [0.5, 0.6) is 0 Å². The van der Waals surface area contributed by atoms with Gasteiger partial charge in [0, 0.05) is 37.7 Å². The van der Waals surface area contributed by atoms with E-state index in [2.05, 4.69) is 26.3 Å². The van der Waals surface area contributed by atoms with Crippen molar-refractivity contribution in [2.75, 3.05) is 10.2 Å². The molecule has 33 heavy (non-hydrogen) atoms. The number of benzene rings is 1. The molecule has 0 unspecified atom stereocenters. The summed E-state index contributed by atoms with van der Waals surface area (Å²) in [7, 11) is 0. The number of nitrogens with zero attached hydrogens (tertiary/aromatic N) is 4. The molecule has 8 nitrogen and oxygen atoms in total. The minimum Gasteiger partial charge on any atom is -0.322 e. The SMILES string of the molecule is CC(=O)N(C(C)=O)c1nccc(CSc2ncccc2C(=O)Nc2ccc3c(c2)CCC3)n1. The molecule has 1 N–H and O–H groups in total. The number of amides is 3. The zero-order valence-electron chi connectivity index (χ0n) is 18.4. The normalized spacial score (nSPS) is 12.2. The first kappa shape index (κ1) is 22.6. The fraction of sp³-hybridized carbons (Fsp3) is 0.250. The third-order valence-corrected chi connectivity index (χ3v) is 6.30. The molecule has 0 spiro atoms. The fourth-order valence-corrected chi connectivity index (χ4v) is 4.64. The summed E-state index contributed by atoms with van der Waals surface area (Å²) in [6.45, 7) is 2.57. The van der Waals surface area contributed by atoms with E-state index in [1.807, 2.05) is 12.1 Å². The molecule has 0 bridgehead atoms. The van der Waals surface area contributed by atoms with Crippen LogP contribution in [0.15, 0.2) is 53.8 Å². The lowest BCUT2D eigenvalue weighted by Gasteiger charge is -2.15. The first-order valence-corrected chi connectivity index (χ1v) is 11.5. The maximum atomic E-state index is 13.0. The van der Waals surface area contributed by atoms with Crippen LogP contribution in [-0.4, -0.2) is 32.7 Å². The lowest BCUT2D eigenvalue weighted by atomic mass is 10.1. The number of nitrogens with one attached hydrogen (secondary N) is 1. The average Bonchev–Trinajstić information content (AvgIpc) is 3.25. The Morgan fingerprint density at radius 1 is 1.00 bits per heavy atom. The summed E-state index contributed by atoms with van der Waals surface area (Å²) in [5.74, 6) is -0.727. The van der Waals surface area contributed by atoms with Crippen LogP contribution in [0.25, 0.3) is 0 Å². The molecular formula is C24H23N5O3S.